The molecule has 0 fully saturated rings. The zero-order valence-electron chi connectivity index (χ0n) is 13.0. The van der Waals surface area contributed by atoms with Crippen LogP contribution in [0.25, 0.3) is 10.9 Å². The molecule has 112 valence electrons. The first-order chi connectivity index (χ1) is 10.3. The Morgan fingerprint density at radius 3 is 3.00 bits per heavy atom. The third kappa shape index (κ3) is 2.81. The van der Waals surface area contributed by atoms with E-state index in [-0.39, 0.29) is 0 Å². The Morgan fingerprint density at radius 1 is 1.29 bits per heavy atom. The molecular formula is C18H24N2O. The van der Waals surface area contributed by atoms with Crippen LogP contribution in [0.15, 0.2) is 18.2 Å². The molecule has 0 spiro atoms. The van der Waals surface area contributed by atoms with Crippen molar-refractivity contribution in [2.24, 2.45) is 0 Å². The van der Waals surface area contributed by atoms with Gasteiger partial charge in [0.2, 0.25) is 0 Å². The second-order valence-corrected chi connectivity index (χ2v) is 5.71. The summed E-state index contributed by atoms with van der Waals surface area (Å²) in [5.41, 5.74) is 6.84. The van der Waals surface area contributed by atoms with Gasteiger partial charge in [0.1, 0.15) is 0 Å². The molecule has 2 aromatic rings. The average Bonchev–Trinajstić information content (AvgIpc) is 2.98. The summed E-state index contributed by atoms with van der Waals surface area (Å²) in [6.07, 6.45) is 4.59. The highest BCUT2D eigenvalue weighted by Gasteiger charge is 2.19. The molecule has 0 unspecified atom stereocenters. The van der Waals surface area contributed by atoms with Crippen LogP contribution in [0.3, 0.4) is 0 Å². The maximum atomic E-state index is 5.12. The minimum Gasteiger partial charge on any atom is -0.383 e. The van der Waals surface area contributed by atoms with Crippen LogP contribution in [-0.4, -0.2) is 25.2 Å². The molecule has 0 amide bonds. The minimum absolute atomic E-state index is 0.755. The Labute approximate surface area is 126 Å². The number of pyridine rings is 1. The number of methoxy groups -OCH3 is 1. The van der Waals surface area contributed by atoms with Gasteiger partial charge in [-0.3, -0.25) is 4.98 Å². The summed E-state index contributed by atoms with van der Waals surface area (Å²) >= 11 is 0. The lowest BCUT2D eigenvalue weighted by atomic mass is 9.98. The molecule has 1 aromatic carbocycles. The van der Waals surface area contributed by atoms with Crippen molar-refractivity contribution in [3.8, 4) is 0 Å². The molecule has 21 heavy (non-hydrogen) atoms. The number of benzene rings is 1. The van der Waals surface area contributed by atoms with E-state index in [4.69, 9.17) is 9.72 Å². The third-order valence-corrected chi connectivity index (χ3v) is 4.41. The number of hydrogen-bond donors (Lipinski definition) is 1. The zero-order valence-corrected chi connectivity index (χ0v) is 13.0. The number of nitrogens with one attached hydrogen (secondary N) is 1. The Hall–Kier alpha value is -1.45. The van der Waals surface area contributed by atoms with Crippen LogP contribution in [0, 0.1) is 0 Å². The molecule has 1 heterocycles. The zero-order chi connectivity index (χ0) is 14.7. The van der Waals surface area contributed by atoms with Crippen molar-refractivity contribution < 1.29 is 4.74 Å². The van der Waals surface area contributed by atoms with Crippen molar-refractivity contribution in [3.05, 3.63) is 40.6 Å². The molecule has 0 saturated carbocycles. The Morgan fingerprint density at radius 2 is 2.19 bits per heavy atom. The largest absolute Gasteiger partial charge is 0.383 e. The molecule has 0 saturated heterocycles. The van der Waals surface area contributed by atoms with Gasteiger partial charge in [-0.1, -0.05) is 25.1 Å². The molecule has 1 N–H and O–H groups in total. The van der Waals surface area contributed by atoms with Crippen LogP contribution in [0.5, 0.6) is 0 Å². The summed E-state index contributed by atoms with van der Waals surface area (Å²) in [6.45, 7) is 4.77. The lowest BCUT2D eigenvalue weighted by Gasteiger charge is -2.15. The maximum Gasteiger partial charge on any atom is 0.0740 e. The number of hydrogen-bond acceptors (Lipinski definition) is 3. The van der Waals surface area contributed by atoms with E-state index >= 15 is 0 Å². The highest BCUT2D eigenvalue weighted by molar-refractivity contribution is 5.86. The number of para-hydroxylation sites is 1. The van der Waals surface area contributed by atoms with Gasteiger partial charge in [-0.05, 0) is 42.4 Å². The van der Waals surface area contributed by atoms with E-state index in [9.17, 15) is 0 Å². The first kappa shape index (κ1) is 14.5. The number of fused-ring (bicyclic) bond motifs is 2. The van der Waals surface area contributed by atoms with Crippen molar-refractivity contribution in [3.63, 3.8) is 0 Å². The molecule has 0 bridgehead atoms. The summed E-state index contributed by atoms with van der Waals surface area (Å²) in [6, 6.07) is 6.61. The van der Waals surface area contributed by atoms with Crippen LogP contribution in [-0.2, 0) is 30.5 Å². The highest BCUT2D eigenvalue weighted by atomic mass is 16.5. The quantitative estimate of drug-likeness (QED) is 0.828. The predicted molar refractivity (Wildman–Crippen MR) is 86.7 cm³/mol. The van der Waals surface area contributed by atoms with Gasteiger partial charge in [-0.15, -0.1) is 0 Å². The monoisotopic (exact) mass is 284 g/mol. The van der Waals surface area contributed by atoms with Gasteiger partial charge >= 0.3 is 0 Å². The first-order valence-corrected chi connectivity index (χ1v) is 7.97. The molecule has 3 nitrogen and oxygen atoms in total. The minimum atomic E-state index is 0.755. The maximum absolute atomic E-state index is 5.12. The fraction of sp³-hybridized carbons (Fsp3) is 0.500. The second kappa shape index (κ2) is 6.54. The molecule has 3 rings (SSSR count). The van der Waals surface area contributed by atoms with E-state index < -0.39 is 0 Å². The van der Waals surface area contributed by atoms with Crippen molar-refractivity contribution in [2.75, 3.05) is 20.3 Å². The molecule has 3 heteroatoms. The Kier molecular flexibility index (Phi) is 4.51. The fourth-order valence-electron chi connectivity index (χ4n) is 3.32. The van der Waals surface area contributed by atoms with Gasteiger partial charge in [0.25, 0.3) is 0 Å². The van der Waals surface area contributed by atoms with Crippen LogP contribution in [0.2, 0.25) is 0 Å². The predicted octanol–water partition coefficient (Wildman–Crippen LogP) is 3.02. The lowest BCUT2D eigenvalue weighted by Crippen LogP contribution is -2.20. The number of rotatable bonds is 6. The fourth-order valence-corrected chi connectivity index (χ4v) is 3.32. The normalized spacial score (nSPS) is 13.8. The summed E-state index contributed by atoms with van der Waals surface area (Å²) in [4.78, 5) is 4.98. The summed E-state index contributed by atoms with van der Waals surface area (Å²) in [7, 11) is 1.74. The van der Waals surface area contributed by atoms with Crippen LogP contribution in [0.1, 0.15) is 35.7 Å². The average molecular weight is 284 g/mol. The van der Waals surface area contributed by atoms with E-state index in [1.165, 1.54) is 46.1 Å². The summed E-state index contributed by atoms with van der Waals surface area (Å²) < 4.78 is 5.12. The van der Waals surface area contributed by atoms with Gasteiger partial charge in [-0.25, -0.2) is 0 Å². The third-order valence-electron chi connectivity index (χ3n) is 4.41. The van der Waals surface area contributed by atoms with Crippen molar-refractivity contribution in [1.82, 2.24) is 10.3 Å². The van der Waals surface area contributed by atoms with Gasteiger partial charge in [0.15, 0.2) is 0 Å². The van der Waals surface area contributed by atoms with Crippen LogP contribution in [0.4, 0.5) is 0 Å². The topological polar surface area (TPSA) is 34.1 Å². The highest BCUT2D eigenvalue weighted by Crippen LogP contribution is 2.31. The lowest BCUT2D eigenvalue weighted by molar-refractivity contribution is 0.199. The number of aryl methyl sites for hydroxylation is 2. The van der Waals surface area contributed by atoms with Gasteiger partial charge in [-0.2, -0.15) is 0 Å². The van der Waals surface area contributed by atoms with Crippen LogP contribution < -0.4 is 5.32 Å². The van der Waals surface area contributed by atoms with E-state index in [0.717, 1.165) is 32.5 Å². The summed E-state index contributed by atoms with van der Waals surface area (Å²) in [5, 5.41) is 4.84. The van der Waals surface area contributed by atoms with Crippen molar-refractivity contribution in [1.29, 1.82) is 0 Å². The molecule has 0 aliphatic heterocycles. The number of ether oxygens (including phenoxy) is 1. The van der Waals surface area contributed by atoms with E-state index in [2.05, 4.69) is 30.4 Å². The molecule has 0 radical (unpaired) electrons. The molecule has 1 aromatic heterocycles. The van der Waals surface area contributed by atoms with Gasteiger partial charge < -0.3 is 10.1 Å². The number of nitrogens with zero attached hydrogens (tertiary/aromatic N) is 1. The van der Waals surface area contributed by atoms with Crippen molar-refractivity contribution in [2.45, 2.75) is 39.2 Å². The smallest absolute Gasteiger partial charge is 0.0740 e. The molecular weight excluding hydrogens is 260 g/mol. The van der Waals surface area contributed by atoms with Crippen LogP contribution >= 0.6 is 0 Å². The standard InChI is InChI=1S/C18H24N2O/c1-3-13-6-4-8-15-16(12-19-10-11-21-2)14-7-5-9-17(14)20-18(13)15/h4,6,8,19H,3,5,7,9-12H2,1-2H3. The number of aromatic nitrogens is 1. The molecule has 1 aliphatic rings. The SMILES string of the molecule is CCc1cccc2c(CNCCOC)c3c(nc12)CCC3. The Balaban J connectivity index is 2.03. The summed E-state index contributed by atoms with van der Waals surface area (Å²) in [5.74, 6) is 0. The second-order valence-electron chi connectivity index (χ2n) is 5.71. The van der Waals surface area contributed by atoms with E-state index in [1.807, 2.05) is 0 Å². The van der Waals surface area contributed by atoms with Crippen molar-refractivity contribution >= 4 is 10.9 Å². The molecule has 1 aliphatic carbocycles. The van der Waals surface area contributed by atoms with Gasteiger partial charge in [0, 0.05) is 31.3 Å². The van der Waals surface area contributed by atoms with E-state index in [0.29, 0.717) is 0 Å². The first-order valence-electron chi connectivity index (χ1n) is 7.97. The van der Waals surface area contributed by atoms with Gasteiger partial charge in [0.05, 0.1) is 12.1 Å². The Bertz CT molecular complexity index is 637. The van der Waals surface area contributed by atoms with E-state index in [1.54, 1.807) is 7.11 Å². The molecule has 0 atom stereocenters.